The van der Waals surface area contributed by atoms with Gasteiger partial charge in [-0.25, -0.2) is 0 Å². The van der Waals surface area contributed by atoms with Crippen molar-refractivity contribution in [3.63, 3.8) is 0 Å². The minimum Gasteiger partial charge on any atom is -0.496 e. The molecule has 0 radical (unpaired) electrons. The zero-order chi connectivity index (χ0) is 24.0. The number of benzene rings is 2. The molecule has 6 nitrogen and oxygen atoms in total. The number of nitrogens with zero attached hydrogens (tertiary/aromatic N) is 4. The molecule has 1 saturated carbocycles. The highest BCUT2D eigenvalue weighted by Gasteiger charge is 2.45. The number of halogens is 3. The van der Waals surface area contributed by atoms with Crippen LogP contribution >= 0.6 is 0 Å². The molecular weight excluding hydrogens is 443 g/mol. The van der Waals surface area contributed by atoms with Gasteiger partial charge in [0.2, 0.25) is 0 Å². The number of aromatic nitrogens is 4. The van der Waals surface area contributed by atoms with E-state index >= 15 is 0 Å². The van der Waals surface area contributed by atoms with Crippen LogP contribution < -0.4 is 10.1 Å². The first-order valence-electron chi connectivity index (χ1n) is 11.2. The lowest BCUT2D eigenvalue weighted by molar-refractivity contribution is -0.137. The van der Waals surface area contributed by atoms with Gasteiger partial charge in [0.05, 0.1) is 29.6 Å². The maximum Gasteiger partial charge on any atom is 0.419 e. The molecule has 1 N–H and O–H groups in total. The van der Waals surface area contributed by atoms with Gasteiger partial charge in [-0.15, -0.1) is 10.2 Å². The Labute approximate surface area is 194 Å². The Morgan fingerprint density at radius 1 is 1.15 bits per heavy atom. The SMILES string of the molecule is COc1cc2c(c(C(F)(F)F)c1-c1cccc3c1ccn3C1CC1)-n1c(C)nnc1C(C)(C)N2. The van der Waals surface area contributed by atoms with Gasteiger partial charge in [-0.2, -0.15) is 13.2 Å². The van der Waals surface area contributed by atoms with Crippen LogP contribution in [0.15, 0.2) is 36.5 Å². The number of ether oxygens (including phenoxy) is 1. The van der Waals surface area contributed by atoms with Crippen molar-refractivity contribution in [3.05, 3.63) is 53.7 Å². The van der Waals surface area contributed by atoms with Crippen LogP contribution in [-0.2, 0) is 11.7 Å². The fourth-order valence-corrected chi connectivity index (χ4v) is 5.18. The van der Waals surface area contributed by atoms with Crippen molar-refractivity contribution < 1.29 is 17.9 Å². The number of anilines is 1. The average molecular weight is 467 g/mol. The Bertz CT molecular complexity index is 1460. The summed E-state index contributed by atoms with van der Waals surface area (Å²) in [5.41, 5.74) is 0.281. The largest absolute Gasteiger partial charge is 0.496 e. The number of methoxy groups -OCH3 is 1. The van der Waals surface area contributed by atoms with Crippen LogP contribution in [0.2, 0.25) is 0 Å². The van der Waals surface area contributed by atoms with Crippen molar-refractivity contribution in [2.75, 3.05) is 12.4 Å². The van der Waals surface area contributed by atoms with Crippen LogP contribution in [-0.4, -0.2) is 26.4 Å². The van der Waals surface area contributed by atoms with E-state index < -0.39 is 17.3 Å². The van der Waals surface area contributed by atoms with Gasteiger partial charge < -0.3 is 14.6 Å². The van der Waals surface area contributed by atoms with Crippen LogP contribution in [0, 0.1) is 6.92 Å². The monoisotopic (exact) mass is 467 g/mol. The van der Waals surface area contributed by atoms with Gasteiger partial charge in [0, 0.05) is 34.8 Å². The van der Waals surface area contributed by atoms with Crippen molar-refractivity contribution in [1.29, 1.82) is 0 Å². The van der Waals surface area contributed by atoms with Gasteiger partial charge in [0.1, 0.15) is 11.6 Å². The Morgan fingerprint density at radius 2 is 1.91 bits per heavy atom. The van der Waals surface area contributed by atoms with Gasteiger partial charge in [0.15, 0.2) is 5.82 Å². The number of aryl methyl sites for hydroxylation is 1. The highest BCUT2D eigenvalue weighted by Crippen LogP contribution is 2.53. The topological polar surface area (TPSA) is 56.9 Å². The molecule has 0 saturated heterocycles. The highest BCUT2D eigenvalue weighted by molar-refractivity contribution is 6.00. The first kappa shape index (κ1) is 21.1. The molecule has 0 amide bonds. The van der Waals surface area contributed by atoms with Crippen LogP contribution in [0.1, 0.15) is 49.9 Å². The zero-order valence-electron chi connectivity index (χ0n) is 19.3. The summed E-state index contributed by atoms with van der Waals surface area (Å²) in [6, 6.07) is 9.47. The summed E-state index contributed by atoms with van der Waals surface area (Å²) in [6.07, 6.45) is -0.523. The molecule has 0 atom stereocenters. The number of hydrogen-bond donors (Lipinski definition) is 1. The van der Waals surface area contributed by atoms with Gasteiger partial charge in [-0.3, -0.25) is 4.57 Å². The van der Waals surface area contributed by atoms with E-state index in [0.717, 1.165) is 23.7 Å². The second-order valence-corrected chi connectivity index (χ2v) is 9.57. The standard InChI is InChI=1S/C25H24F3N5O/c1-13-30-31-23-24(2,3)29-17-12-19(34-4)20(21(25(26,27)28)22(17)33(13)23)16-6-5-7-18-15(16)10-11-32(18)14-8-9-14/h5-7,10-12,14,29H,8-9H2,1-4H3. The zero-order valence-corrected chi connectivity index (χ0v) is 19.3. The molecule has 2 aliphatic rings. The maximum absolute atomic E-state index is 15.0. The molecule has 4 aromatic rings. The normalized spacial score (nSPS) is 16.8. The summed E-state index contributed by atoms with van der Waals surface area (Å²) in [6.45, 7) is 5.40. The first-order valence-corrected chi connectivity index (χ1v) is 11.2. The molecule has 3 heterocycles. The van der Waals surface area contributed by atoms with Gasteiger partial charge in [-0.05, 0) is 51.3 Å². The van der Waals surface area contributed by atoms with Gasteiger partial charge in [-0.1, -0.05) is 12.1 Å². The smallest absolute Gasteiger partial charge is 0.419 e. The van der Waals surface area contributed by atoms with Crippen molar-refractivity contribution in [2.24, 2.45) is 0 Å². The lowest BCUT2D eigenvalue weighted by Gasteiger charge is -2.36. The first-order chi connectivity index (χ1) is 16.1. The molecule has 2 aromatic carbocycles. The summed E-state index contributed by atoms with van der Waals surface area (Å²) in [5, 5.41) is 12.3. The third-order valence-electron chi connectivity index (χ3n) is 6.79. The van der Waals surface area contributed by atoms with Gasteiger partial charge in [0.25, 0.3) is 0 Å². The molecule has 0 spiro atoms. The Balaban J connectivity index is 1.74. The predicted molar refractivity (Wildman–Crippen MR) is 124 cm³/mol. The molecule has 0 bridgehead atoms. The number of alkyl halides is 3. The minimum absolute atomic E-state index is 0.00115. The molecule has 6 rings (SSSR count). The minimum atomic E-state index is -4.66. The number of hydrogen-bond acceptors (Lipinski definition) is 4. The van der Waals surface area contributed by atoms with Crippen LogP contribution in [0.3, 0.4) is 0 Å². The van der Waals surface area contributed by atoms with Crippen molar-refractivity contribution >= 4 is 16.6 Å². The average Bonchev–Trinajstić information content (AvgIpc) is 3.39. The van der Waals surface area contributed by atoms with E-state index in [1.165, 1.54) is 11.7 Å². The number of fused-ring (bicyclic) bond motifs is 4. The molecule has 1 aliphatic carbocycles. The molecule has 1 fully saturated rings. The quantitative estimate of drug-likeness (QED) is 0.389. The van der Waals surface area contributed by atoms with E-state index in [-0.39, 0.29) is 17.0 Å². The molecule has 2 aromatic heterocycles. The molecule has 9 heteroatoms. The van der Waals surface area contributed by atoms with Crippen molar-refractivity contribution in [3.8, 4) is 22.6 Å². The summed E-state index contributed by atoms with van der Waals surface area (Å²) in [7, 11) is 1.41. The van der Waals surface area contributed by atoms with Crippen molar-refractivity contribution in [1.82, 2.24) is 19.3 Å². The molecule has 176 valence electrons. The van der Waals surface area contributed by atoms with E-state index in [9.17, 15) is 13.2 Å². The van der Waals surface area contributed by atoms with E-state index in [2.05, 4.69) is 20.1 Å². The fraction of sp³-hybridized carbons (Fsp3) is 0.360. The predicted octanol–water partition coefficient (Wildman–Crippen LogP) is 6.22. The van der Waals surface area contributed by atoms with Crippen LogP contribution in [0.4, 0.5) is 18.9 Å². The second-order valence-electron chi connectivity index (χ2n) is 9.57. The molecule has 34 heavy (non-hydrogen) atoms. The number of nitrogens with one attached hydrogen (secondary N) is 1. The van der Waals surface area contributed by atoms with E-state index in [0.29, 0.717) is 28.9 Å². The highest BCUT2D eigenvalue weighted by atomic mass is 19.4. The third-order valence-corrected chi connectivity index (χ3v) is 6.79. The van der Waals surface area contributed by atoms with E-state index in [4.69, 9.17) is 4.74 Å². The molecule has 1 aliphatic heterocycles. The lowest BCUT2D eigenvalue weighted by atomic mass is 9.90. The van der Waals surface area contributed by atoms with Crippen molar-refractivity contribution in [2.45, 2.75) is 51.4 Å². The lowest BCUT2D eigenvalue weighted by Crippen LogP contribution is -2.37. The maximum atomic E-state index is 15.0. The molecule has 0 unspecified atom stereocenters. The third kappa shape index (κ3) is 2.88. The Morgan fingerprint density at radius 3 is 2.59 bits per heavy atom. The van der Waals surface area contributed by atoms with Crippen LogP contribution in [0.5, 0.6) is 5.75 Å². The number of rotatable bonds is 3. The molecular formula is C25H24F3N5O. The fourth-order valence-electron chi connectivity index (χ4n) is 5.18. The Kier molecular flexibility index (Phi) is 4.20. The summed E-state index contributed by atoms with van der Waals surface area (Å²) in [4.78, 5) is 0. The van der Waals surface area contributed by atoms with E-state index in [1.807, 2.05) is 38.2 Å². The Hall–Kier alpha value is -3.49. The summed E-state index contributed by atoms with van der Waals surface area (Å²) >= 11 is 0. The second kappa shape index (κ2) is 6.77. The van der Waals surface area contributed by atoms with Crippen LogP contribution in [0.25, 0.3) is 27.7 Å². The summed E-state index contributed by atoms with van der Waals surface area (Å²) < 4.78 is 54.2. The van der Waals surface area contributed by atoms with Gasteiger partial charge >= 0.3 is 6.18 Å². The van der Waals surface area contributed by atoms with E-state index in [1.54, 1.807) is 19.1 Å². The summed E-state index contributed by atoms with van der Waals surface area (Å²) in [5.74, 6) is 0.984.